The molecule has 3 amide bonds. The second-order valence-corrected chi connectivity index (χ2v) is 8.57. The van der Waals surface area contributed by atoms with Crippen molar-refractivity contribution in [1.82, 2.24) is 20.3 Å². The molecule has 0 spiro atoms. The second kappa shape index (κ2) is 12.0. The van der Waals surface area contributed by atoms with E-state index in [-0.39, 0.29) is 34.1 Å². The molecule has 6 N–H and O–H groups in total. The summed E-state index contributed by atoms with van der Waals surface area (Å²) in [7, 11) is 0. The molecule has 1 aromatic heterocycles. The Kier molecular flexibility index (Phi) is 8.84. The van der Waals surface area contributed by atoms with E-state index >= 15 is 0 Å². The summed E-state index contributed by atoms with van der Waals surface area (Å²) < 4.78 is 0.965. The number of hydrogen-bond acceptors (Lipinski definition) is 8. The number of benzene rings is 2. The van der Waals surface area contributed by atoms with Crippen LogP contribution in [-0.2, 0) is 22.7 Å². The number of hydrogen-bond donors (Lipinski definition) is 5. The van der Waals surface area contributed by atoms with Crippen molar-refractivity contribution in [2.24, 2.45) is 0 Å². The van der Waals surface area contributed by atoms with Crippen LogP contribution in [0.3, 0.4) is 0 Å². The number of imide groups is 1. The molecule has 0 bridgehead atoms. The first-order chi connectivity index (χ1) is 18.0. The molecular formula is C25H24ClN5O7. The SMILES string of the molecule is C[C@H](NN(C(=O)Cn1cccc(N)c1=O)C(=O)c1ccc(C(=O)NCc2cccc(O)c2)cc1Cl)C(=O)O. The number of hydrazine groups is 1. The van der Waals surface area contributed by atoms with Gasteiger partial charge < -0.3 is 25.8 Å². The number of pyridine rings is 1. The summed E-state index contributed by atoms with van der Waals surface area (Å²) in [4.78, 5) is 62.4. The van der Waals surface area contributed by atoms with E-state index in [9.17, 15) is 34.2 Å². The van der Waals surface area contributed by atoms with Crippen molar-refractivity contribution in [2.75, 3.05) is 5.73 Å². The van der Waals surface area contributed by atoms with E-state index in [0.717, 1.165) is 4.57 Å². The Morgan fingerprint density at radius 1 is 1.11 bits per heavy atom. The number of carbonyl (C=O) groups is 4. The van der Waals surface area contributed by atoms with E-state index in [0.29, 0.717) is 10.6 Å². The van der Waals surface area contributed by atoms with Gasteiger partial charge in [0.2, 0.25) is 0 Å². The van der Waals surface area contributed by atoms with Crippen LogP contribution in [-0.4, -0.2) is 49.5 Å². The molecule has 0 radical (unpaired) electrons. The third-order valence-corrected chi connectivity index (χ3v) is 5.64. The molecule has 198 valence electrons. The van der Waals surface area contributed by atoms with Gasteiger partial charge in [0.15, 0.2) is 0 Å². The Labute approximate surface area is 221 Å². The van der Waals surface area contributed by atoms with E-state index in [1.807, 2.05) is 0 Å². The second-order valence-electron chi connectivity index (χ2n) is 8.17. The fourth-order valence-corrected chi connectivity index (χ4v) is 3.55. The fraction of sp³-hybridized carbons (Fsp3) is 0.160. The maximum atomic E-state index is 13.3. The van der Waals surface area contributed by atoms with Crippen LogP contribution in [0.15, 0.2) is 65.6 Å². The molecule has 2 aromatic carbocycles. The molecule has 38 heavy (non-hydrogen) atoms. The standard InChI is InChI=1S/C25H24ClN5O7/c1-14(25(37)38)29-31(21(33)13-30-9-3-6-20(27)24(30)36)23(35)18-8-7-16(11-19(18)26)22(34)28-12-15-4-2-5-17(32)10-15/h2-11,14,29,32H,12-13,27H2,1H3,(H,28,34)(H,37,38)/t14-/m0/s1. The highest BCUT2D eigenvalue weighted by Gasteiger charge is 2.29. The number of carboxylic acid groups (broad SMARTS) is 1. The molecule has 0 unspecified atom stereocenters. The third kappa shape index (κ3) is 6.75. The van der Waals surface area contributed by atoms with Crippen molar-refractivity contribution < 1.29 is 29.4 Å². The minimum atomic E-state index is -1.36. The number of aromatic hydroxyl groups is 1. The monoisotopic (exact) mass is 541 g/mol. The molecule has 12 nitrogen and oxygen atoms in total. The Morgan fingerprint density at radius 2 is 1.84 bits per heavy atom. The van der Waals surface area contributed by atoms with E-state index in [4.69, 9.17) is 17.3 Å². The average Bonchev–Trinajstić information content (AvgIpc) is 2.87. The van der Waals surface area contributed by atoms with Crippen LogP contribution in [0.5, 0.6) is 5.75 Å². The first-order valence-corrected chi connectivity index (χ1v) is 11.5. The average molecular weight is 542 g/mol. The van der Waals surface area contributed by atoms with Gasteiger partial charge in [0.1, 0.15) is 18.3 Å². The smallest absolute Gasteiger partial charge is 0.322 e. The van der Waals surface area contributed by atoms with Gasteiger partial charge in [-0.05, 0) is 55.0 Å². The zero-order valence-corrected chi connectivity index (χ0v) is 20.8. The van der Waals surface area contributed by atoms with E-state index in [1.165, 1.54) is 55.6 Å². The van der Waals surface area contributed by atoms with Crippen LogP contribution in [0, 0.1) is 0 Å². The highest BCUT2D eigenvalue weighted by atomic mass is 35.5. The number of nitrogens with two attached hydrogens (primary N) is 1. The number of halogens is 1. The van der Waals surface area contributed by atoms with Gasteiger partial charge in [-0.1, -0.05) is 23.7 Å². The number of aromatic nitrogens is 1. The van der Waals surface area contributed by atoms with Crippen LogP contribution < -0.4 is 22.0 Å². The summed E-state index contributed by atoms with van der Waals surface area (Å²) in [5.74, 6) is -3.77. The minimum Gasteiger partial charge on any atom is -0.508 e. The summed E-state index contributed by atoms with van der Waals surface area (Å²) >= 11 is 6.27. The number of amides is 3. The van der Waals surface area contributed by atoms with Crippen LogP contribution >= 0.6 is 11.6 Å². The maximum absolute atomic E-state index is 13.3. The van der Waals surface area contributed by atoms with Crippen molar-refractivity contribution >= 4 is 41.0 Å². The van der Waals surface area contributed by atoms with Gasteiger partial charge in [-0.2, -0.15) is 0 Å². The Morgan fingerprint density at radius 3 is 2.50 bits per heavy atom. The molecule has 3 rings (SSSR count). The van der Waals surface area contributed by atoms with Crippen LogP contribution in [0.1, 0.15) is 33.2 Å². The number of anilines is 1. The lowest BCUT2D eigenvalue weighted by Crippen LogP contribution is -2.54. The molecule has 0 aliphatic carbocycles. The topological polar surface area (TPSA) is 184 Å². The van der Waals surface area contributed by atoms with Gasteiger partial charge in [0.25, 0.3) is 23.3 Å². The predicted molar refractivity (Wildman–Crippen MR) is 137 cm³/mol. The molecule has 13 heteroatoms. The number of phenols is 1. The van der Waals surface area contributed by atoms with Crippen molar-refractivity contribution in [3.05, 3.63) is 92.9 Å². The lowest BCUT2D eigenvalue weighted by Gasteiger charge is -2.24. The van der Waals surface area contributed by atoms with Crippen molar-refractivity contribution in [3.8, 4) is 5.75 Å². The maximum Gasteiger partial charge on any atom is 0.322 e. The zero-order chi connectivity index (χ0) is 28.0. The van der Waals surface area contributed by atoms with Crippen LogP contribution in [0.4, 0.5) is 5.69 Å². The van der Waals surface area contributed by atoms with Gasteiger partial charge in [-0.3, -0.25) is 24.0 Å². The summed E-state index contributed by atoms with van der Waals surface area (Å²) in [6.45, 7) is 0.709. The highest BCUT2D eigenvalue weighted by molar-refractivity contribution is 6.34. The van der Waals surface area contributed by atoms with Gasteiger partial charge in [-0.25, -0.2) is 10.4 Å². The molecule has 0 saturated heterocycles. The largest absolute Gasteiger partial charge is 0.508 e. The Bertz CT molecular complexity index is 1460. The van der Waals surface area contributed by atoms with E-state index < -0.39 is 41.8 Å². The van der Waals surface area contributed by atoms with Crippen molar-refractivity contribution in [2.45, 2.75) is 26.1 Å². The Hall–Kier alpha value is -4.68. The van der Waals surface area contributed by atoms with Gasteiger partial charge in [0, 0.05) is 18.3 Å². The molecule has 1 atom stereocenters. The van der Waals surface area contributed by atoms with Crippen molar-refractivity contribution in [3.63, 3.8) is 0 Å². The zero-order valence-electron chi connectivity index (χ0n) is 20.1. The van der Waals surface area contributed by atoms with Gasteiger partial charge >= 0.3 is 5.97 Å². The first-order valence-electron chi connectivity index (χ1n) is 11.1. The quantitative estimate of drug-likeness (QED) is 0.249. The number of nitrogens with zero attached hydrogens (tertiary/aromatic N) is 2. The number of nitrogens with one attached hydrogen (secondary N) is 2. The fourth-order valence-electron chi connectivity index (χ4n) is 3.29. The third-order valence-electron chi connectivity index (χ3n) is 5.33. The van der Waals surface area contributed by atoms with Crippen LogP contribution in [0.25, 0.3) is 0 Å². The number of nitrogen functional groups attached to an aromatic ring is 1. The molecule has 0 fully saturated rings. The van der Waals surface area contributed by atoms with Gasteiger partial charge in [-0.15, -0.1) is 0 Å². The minimum absolute atomic E-state index is 0.0493. The van der Waals surface area contributed by atoms with Gasteiger partial charge in [0.05, 0.1) is 16.3 Å². The summed E-state index contributed by atoms with van der Waals surface area (Å²) in [5.41, 5.74) is 7.67. The summed E-state index contributed by atoms with van der Waals surface area (Å²) in [6, 6.07) is 11.5. The molecule has 0 saturated carbocycles. The predicted octanol–water partition coefficient (Wildman–Crippen LogP) is 1.37. The lowest BCUT2D eigenvalue weighted by molar-refractivity contribution is -0.142. The van der Waals surface area contributed by atoms with Crippen LogP contribution in [0.2, 0.25) is 5.02 Å². The summed E-state index contributed by atoms with van der Waals surface area (Å²) in [6.07, 6.45) is 1.29. The molecule has 3 aromatic rings. The number of carbonyl (C=O) groups excluding carboxylic acids is 3. The molecule has 0 aliphatic heterocycles. The van der Waals surface area contributed by atoms with Crippen molar-refractivity contribution in [1.29, 1.82) is 0 Å². The summed E-state index contributed by atoms with van der Waals surface area (Å²) in [5, 5.41) is 21.7. The van der Waals surface area contributed by atoms with E-state index in [1.54, 1.807) is 12.1 Å². The molecule has 1 heterocycles. The number of carboxylic acids is 1. The van der Waals surface area contributed by atoms with E-state index in [2.05, 4.69) is 10.7 Å². The number of rotatable bonds is 9. The lowest BCUT2D eigenvalue weighted by atomic mass is 10.1. The molecule has 0 aliphatic rings. The first kappa shape index (κ1) is 27.9. The highest BCUT2D eigenvalue weighted by Crippen LogP contribution is 2.20. The Balaban J connectivity index is 1.82. The molecular weight excluding hydrogens is 518 g/mol. The number of aliphatic carboxylic acids is 1. The number of phenolic OH excluding ortho intramolecular Hbond substituents is 1. The normalized spacial score (nSPS) is 11.4.